The van der Waals surface area contributed by atoms with E-state index in [2.05, 4.69) is 192 Å². The Kier molecular flexibility index (Phi) is 6.41. The minimum absolute atomic E-state index is 0.00965. The Morgan fingerprint density at radius 1 is 0.269 bits per heavy atom. The van der Waals surface area contributed by atoms with Gasteiger partial charge in [0.25, 0.3) is 0 Å². The van der Waals surface area contributed by atoms with Crippen molar-refractivity contribution in [1.82, 2.24) is 9.97 Å². The zero-order valence-corrected chi connectivity index (χ0v) is 28.5. The van der Waals surface area contributed by atoms with Gasteiger partial charge in [0.05, 0.1) is 0 Å². The molecule has 0 saturated carbocycles. The Balaban J connectivity index is 1.29. The van der Waals surface area contributed by atoms with E-state index in [1.54, 1.807) is 0 Å². The fourth-order valence-electron chi connectivity index (χ4n) is 9.13. The number of fused-ring (bicyclic) bond motifs is 8. The molecule has 2 N–H and O–H groups in total. The van der Waals surface area contributed by atoms with Gasteiger partial charge in [-0.25, -0.2) is 0 Å². The van der Waals surface area contributed by atoms with Gasteiger partial charge in [0, 0.05) is 55.4 Å². The number of hydrogen-bond acceptors (Lipinski definition) is 0. The van der Waals surface area contributed by atoms with Gasteiger partial charge in [-0.15, -0.1) is 0 Å². The first-order chi connectivity index (χ1) is 25.8. The third kappa shape index (κ3) is 4.37. The summed E-state index contributed by atoms with van der Waals surface area (Å²) in [6, 6.07) is 67.2. The molecule has 0 spiro atoms. The van der Waals surface area contributed by atoms with Crippen LogP contribution in [-0.4, -0.2) is 9.97 Å². The minimum atomic E-state index is 0.00965. The molecule has 244 valence electrons. The first-order valence-electron chi connectivity index (χ1n) is 18.2. The molecule has 0 saturated heterocycles. The third-order valence-corrected chi connectivity index (χ3v) is 11.4. The first-order valence-corrected chi connectivity index (χ1v) is 18.2. The van der Waals surface area contributed by atoms with Gasteiger partial charge in [-0.1, -0.05) is 146 Å². The van der Waals surface area contributed by atoms with Crippen molar-refractivity contribution in [2.24, 2.45) is 0 Å². The molecule has 0 bridgehead atoms. The van der Waals surface area contributed by atoms with Gasteiger partial charge >= 0.3 is 0 Å². The van der Waals surface area contributed by atoms with Gasteiger partial charge < -0.3 is 9.97 Å². The molecule has 1 aliphatic rings. The van der Waals surface area contributed by atoms with Crippen molar-refractivity contribution in [2.45, 2.75) is 11.8 Å². The van der Waals surface area contributed by atoms with E-state index in [0.717, 1.165) is 0 Å². The summed E-state index contributed by atoms with van der Waals surface area (Å²) in [7, 11) is 0. The van der Waals surface area contributed by atoms with Crippen molar-refractivity contribution in [3.8, 4) is 22.3 Å². The maximum absolute atomic E-state index is 3.81. The lowest BCUT2D eigenvalue weighted by molar-refractivity contribution is 0.829. The highest BCUT2D eigenvalue weighted by Gasteiger charge is 2.37. The van der Waals surface area contributed by atoms with Crippen molar-refractivity contribution < 1.29 is 0 Å². The molecule has 0 amide bonds. The van der Waals surface area contributed by atoms with Gasteiger partial charge in [-0.2, -0.15) is 0 Å². The zero-order valence-electron chi connectivity index (χ0n) is 28.5. The fourth-order valence-corrected chi connectivity index (χ4v) is 9.13. The largest absolute Gasteiger partial charge is 0.355 e. The summed E-state index contributed by atoms with van der Waals surface area (Å²) in [5, 5.41) is 5.05. The Morgan fingerprint density at radius 2 is 0.635 bits per heavy atom. The second-order valence-electron chi connectivity index (χ2n) is 14.2. The lowest BCUT2D eigenvalue weighted by Crippen LogP contribution is -2.21. The molecule has 2 aromatic heterocycles. The van der Waals surface area contributed by atoms with Crippen LogP contribution in [0.3, 0.4) is 0 Å². The van der Waals surface area contributed by atoms with Crippen molar-refractivity contribution in [3.05, 3.63) is 215 Å². The number of nitrogens with one attached hydrogen (secondary N) is 2. The van der Waals surface area contributed by atoms with Crippen LogP contribution in [0.4, 0.5) is 0 Å². The van der Waals surface area contributed by atoms with Gasteiger partial charge in [0.2, 0.25) is 0 Å². The molecule has 2 heterocycles. The van der Waals surface area contributed by atoms with Crippen molar-refractivity contribution in [2.75, 3.05) is 0 Å². The van der Waals surface area contributed by atoms with E-state index in [0.29, 0.717) is 0 Å². The summed E-state index contributed by atoms with van der Waals surface area (Å²) in [4.78, 5) is 7.61. The van der Waals surface area contributed by atoms with Crippen LogP contribution in [0.2, 0.25) is 0 Å². The topological polar surface area (TPSA) is 31.6 Å². The average molecular weight is 663 g/mol. The van der Waals surface area contributed by atoms with Crippen LogP contribution in [-0.2, 0) is 0 Å². The number of para-hydroxylation sites is 2. The number of H-pyrrole nitrogens is 2. The number of benzene rings is 8. The zero-order chi connectivity index (χ0) is 34.2. The van der Waals surface area contributed by atoms with Gasteiger partial charge in [-0.05, 0) is 92.0 Å². The van der Waals surface area contributed by atoms with Crippen molar-refractivity contribution in [1.29, 1.82) is 0 Å². The van der Waals surface area contributed by atoms with E-state index in [4.69, 9.17) is 0 Å². The van der Waals surface area contributed by atoms with Crippen LogP contribution in [0, 0.1) is 0 Å². The second-order valence-corrected chi connectivity index (χ2v) is 14.2. The van der Waals surface area contributed by atoms with E-state index in [9.17, 15) is 0 Å². The maximum Gasteiger partial charge on any atom is 0.0468 e. The highest BCUT2D eigenvalue weighted by Crippen LogP contribution is 2.54. The summed E-state index contributed by atoms with van der Waals surface area (Å²) in [5.74, 6) is 0.0193. The monoisotopic (exact) mass is 662 g/mol. The molecule has 10 aromatic rings. The lowest BCUT2D eigenvalue weighted by atomic mass is 9.66. The molecular formula is C50H34N2. The standard InChI is InChI=1S/C50H34N2/c1-3-15-31(16-4-1)33-19-7-9-23-37(33)49-41-27-39-35-21-11-13-25-45(35)52-48(39)30-44(41)50(38-24-10-8-20-34(38)32-17-5-2-6-18-32)42-28-40-36-22-12-14-26-46(36)51-47(40)29-43(42)49/h1-30,49-52H. The Morgan fingerprint density at radius 3 is 1.10 bits per heavy atom. The lowest BCUT2D eigenvalue weighted by Gasteiger charge is -2.37. The van der Waals surface area contributed by atoms with E-state index in [1.807, 2.05) is 0 Å². The average Bonchev–Trinajstić information content (AvgIpc) is 3.76. The Labute approximate surface area is 302 Å². The summed E-state index contributed by atoms with van der Waals surface area (Å²) in [5.41, 5.74) is 17.7. The van der Waals surface area contributed by atoms with E-state index in [-0.39, 0.29) is 11.8 Å². The van der Waals surface area contributed by atoms with Gasteiger partial charge in [0.1, 0.15) is 0 Å². The highest BCUT2D eigenvalue weighted by atomic mass is 14.7. The molecule has 11 rings (SSSR count). The molecule has 2 heteroatoms. The van der Waals surface area contributed by atoms with Crippen molar-refractivity contribution in [3.63, 3.8) is 0 Å². The summed E-state index contributed by atoms with van der Waals surface area (Å²) in [6.07, 6.45) is 0. The molecular weight excluding hydrogens is 629 g/mol. The molecule has 52 heavy (non-hydrogen) atoms. The minimum Gasteiger partial charge on any atom is -0.355 e. The van der Waals surface area contributed by atoms with Crippen LogP contribution < -0.4 is 0 Å². The number of aromatic nitrogens is 2. The number of hydrogen-bond donors (Lipinski definition) is 2. The molecule has 2 unspecified atom stereocenters. The van der Waals surface area contributed by atoms with Crippen LogP contribution in [0.15, 0.2) is 182 Å². The molecule has 1 aliphatic carbocycles. The van der Waals surface area contributed by atoms with E-state index >= 15 is 0 Å². The Hall–Kier alpha value is -6.64. The van der Waals surface area contributed by atoms with Crippen LogP contribution in [0.5, 0.6) is 0 Å². The van der Waals surface area contributed by atoms with Crippen LogP contribution in [0.25, 0.3) is 65.9 Å². The summed E-state index contributed by atoms with van der Waals surface area (Å²) < 4.78 is 0. The normalized spacial score (nSPS) is 15.3. The van der Waals surface area contributed by atoms with Gasteiger partial charge in [0.15, 0.2) is 0 Å². The molecule has 8 aromatic carbocycles. The fraction of sp³-hybridized carbons (Fsp3) is 0.0400. The molecule has 0 fully saturated rings. The predicted octanol–water partition coefficient (Wildman–Crippen LogP) is 13.0. The Bertz CT molecular complexity index is 2760. The quantitative estimate of drug-likeness (QED) is 0.188. The molecule has 2 atom stereocenters. The SMILES string of the molecule is c1ccc(-c2ccccc2C2c3cc4[nH]c5ccccc5c4cc3C(c3ccccc3-c3ccccc3)c3cc4[nH]c5ccccc5c4cc32)cc1. The first kappa shape index (κ1) is 29.1. The second kappa shape index (κ2) is 11.4. The van der Waals surface area contributed by atoms with Gasteiger partial charge in [-0.3, -0.25) is 0 Å². The predicted molar refractivity (Wildman–Crippen MR) is 217 cm³/mol. The summed E-state index contributed by atoms with van der Waals surface area (Å²) >= 11 is 0. The van der Waals surface area contributed by atoms with E-state index < -0.39 is 0 Å². The number of aromatic amines is 2. The molecule has 0 aliphatic heterocycles. The maximum atomic E-state index is 3.81. The van der Waals surface area contributed by atoms with E-state index in [1.165, 1.54) is 99.2 Å². The molecule has 2 nitrogen and oxygen atoms in total. The number of rotatable bonds is 4. The molecule has 0 radical (unpaired) electrons. The smallest absolute Gasteiger partial charge is 0.0468 e. The third-order valence-electron chi connectivity index (χ3n) is 11.4. The van der Waals surface area contributed by atoms with Crippen LogP contribution in [0.1, 0.15) is 45.2 Å². The summed E-state index contributed by atoms with van der Waals surface area (Å²) in [6.45, 7) is 0. The van der Waals surface area contributed by atoms with Crippen LogP contribution >= 0.6 is 0 Å². The highest BCUT2D eigenvalue weighted by molar-refractivity contribution is 6.09. The van der Waals surface area contributed by atoms with Crippen molar-refractivity contribution >= 4 is 43.6 Å².